The number of rotatable bonds is 7. The second-order valence-corrected chi connectivity index (χ2v) is 12.1. The van der Waals surface area contributed by atoms with Gasteiger partial charge in [-0.3, -0.25) is 0 Å². The Labute approximate surface area is 174 Å². The van der Waals surface area contributed by atoms with Gasteiger partial charge in [0.2, 0.25) is 0 Å². The monoisotopic (exact) mass is 386 g/mol. The number of ether oxygens (including phenoxy) is 2. The predicted octanol–water partition coefficient (Wildman–Crippen LogP) is 6.76. The van der Waals surface area contributed by atoms with Crippen molar-refractivity contribution in [1.29, 1.82) is 0 Å². The zero-order chi connectivity index (χ0) is 20.3. The van der Waals surface area contributed by atoms with Crippen LogP contribution in [0.4, 0.5) is 0 Å². The Morgan fingerprint density at radius 2 is 1.36 bits per heavy atom. The van der Waals surface area contributed by atoms with Crippen molar-refractivity contribution in [3.8, 4) is 0 Å². The van der Waals surface area contributed by atoms with E-state index in [0.717, 1.165) is 53.9 Å². The van der Waals surface area contributed by atoms with Crippen LogP contribution in [0, 0.1) is 46.3 Å². The Kier molecular flexibility index (Phi) is 5.47. The van der Waals surface area contributed by atoms with E-state index in [1.165, 1.54) is 32.0 Å². The van der Waals surface area contributed by atoms with Crippen molar-refractivity contribution < 1.29 is 9.47 Å². The summed E-state index contributed by atoms with van der Waals surface area (Å²) in [5, 5.41) is 0. The highest BCUT2D eigenvalue weighted by molar-refractivity contribution is 6.62. The zero-order valence-corrected chi connectivity index (χ0v) is 19.4. The molecule has 4 bridgehead atoms. The molecule has 0 aliphatic heterocycles. The van der Waals surface area contributed by atoms with Crippen molar-refractivity contribution in [2.75, 3.05) is 13.9 Å². The summed E-state index contributed by atoms with van der Waals surface area (Å²) < 4.78 is 10.5. The Balaban J connectivity index is 1.51. The summed E-state index contributed by atoms with van der Waals surface area (Å²) in [6.45, 7) is 16.5. The molecule has 3 heteroatoms. The number of allylic oxidation sites excluding steroid dienone is 1. The molecule has 0 spiro atoms. The third-order valence-electron chi connectivity index (χ3n) is 10.7. The first-order valence-electron chi connectivity index (χ1n) is 11.9. The first kappa shape index (κ1) is 20.8. The van der Waals surface area contributed by atoms with E-state index >= 15 is 0 Å². The molecule has 6 aliphatic rings. The van der Waals surface area contributed by atoms with Crippen LogP contribution in [0.25, 0.3) is 0 Å². The van der Waals surface area contributed by atoms with Gasteiger partial charge in [0.05, 0.1) is 6.26 Å². The summed E-state index contributed by atoms with van der Waals surface area (Å²) in [6.07, 6.45) is 11.3. The lowest BCUT2D eigenvalue weighted by Gasteiger charge is -2.66. The number of methoxy groups -OCH3 is 1. The van der Waals surface area contributed by atoms with Gasteiger partial charge in [0, 0.05) is 7.11 Å². The van der Waals surface area contributed by atoms with Gasteiger partial charge in [0.1, 0.15) is 0 Å². The van der Waals surface area contributed by atoms with Crippen molar-refractivity contribution in [3.05, 3.63) is 12.3 Å². The molecule has 0 aromatic carbocycles. The van der Waals surface area contributed by atoms with Gasteiger partial charge in [-0.1, -0.05) is 78.4 Å². The normalized spacial score (nSPS) is 45.2. The van der Waals surface area contributed by atoms with Crippen LogP contribution in [0.15, 0.2) is 12.3 Å². The molecule has 0 aromatic heterocycles. The van der Waals surface area contributed by atoms with E-state index in [1.807, 2.05) is 6.26 Å². The Morgan fingerprint density at radius 3 is 1.75 bits per heavy atom. The van der Waals surface area contributed by atoms with Crippen molar-refractivity contribution in [2.24, 2.45) is 46.3 Å². The molecular formula is C25H43BO2. The predicted molar refractivity (Wildman–Crippen MR) is 118 cm³/mol. The van der Waals surface area contributed by atoms with Gasteiger partial charge >= 0.3 is 0 Å². The second-order valence-electron chi connectivity index (χ2n) is 12.1. The molecule has 6 saturated carbocycles. The van der Waals surface area contributed by atoms with Crippen LogP contribution in [0.3, 0.4) is 0 Å². The highest BCUT2D eigenvalue weighted by atomic mass is 16.7. The molecule has 28 heavy (non-hydrogen) atoms. The maximum absolute atomic E-state index is 5.48. The van der Waals surface area contributed by atoms with Crippen molar-refractivity contribution >= 4 is 6.71 Å². The Bertz CT molecular complexity index is 555. The van der Waals surface area contributed by atoms with Crippen LogP contribution in [0.5, 0.6) is 0 Å². The molecular weight excluding hydrogens is 343 g/mol. The molecule has 8 atom stereocenters. The molecule has 0 saturated heterocycles. The summed E-state index contributed by atoms with van der Waals surface area (Å²) in [6, 6.07) is 0. The summed E-state index contributed by atoms with van der Waals surface area (Å²) in [5.74, 6) is 7.34. The SMILES string of the molecule is COCO/C=C\CB([C@H]1C[C@H]2C[C@@H]([C@@H]1C)C2(C)C)[C@H]1C[C@H]2C[C@@H]([C@@H]1C)C2(C)C. The second kappa shape index (κ2) is 7.36. The highest BCUT2D eigenvalue weighted by Crippen LogP contribution is 2.69. The third-order valence-corrected chi connectivity index (χ3v) is 10.7. The lowest BCUT2D eigenvalue weighted by molar-refractivity contribution is -0.107. The first-order valence-corrected chi connectivity index (χ1v) is 11.9. The van der Waals surface area contributed by atoms with E-state index in [4.69, 9.17) is 9.47 Å². The van der Waals surface area contributed by atoms with Crippen LogP contribution < -0.4 is 0 Å². The number of fused-ring (bicyclic) bond motifs is 4. The standard InChI is InChI=1S/C25H43BO2/c1-16-20-11-18(24(20,3)4)13-22(16)26(9-8-10-28-15-27-7)23-14-19-12-21(17(23)2)25(19,5)6/h8,10,16-23H,9,11-15H2,1-7H3/b10-8-/t16-,17-,18+,19+,20-,21-,22-,23-/m0/s1. The maximum atomic E-state index is 5.48. The molecule has 0 aromatic rings. The first-order chi connectivity index (χ1) is 13.2. The fourth-order valence-electron chi connectivity index (χ4n) is 8.56. The van der Waals surface area contributed by atoms with E-state index in [-0.39, 0.29) is 0 Å². The van der Waals surface area contributed by atoms with Gasteiger partial charge in [-0.25, -0.2) is 0 Å². The quantitative estimate of drug-likeness (QED) is 0.208. The van der Waals surface area contributed by atoms with E-state index in [0.29, 0.717) is 17.6 Å². The van der Waals surface area contributed by atoms with Crippen molar-refractivity contribution in [3.63, 3.8) is 0 Å². The minimum atomic E-state index is 0.359. The summed E-state index contributed by atoms with van der Waals surface area (Å²) in [4.78, 5) is 0. The van der Waals surface area contributed by atoms with Gasteiger partial charge in [-0.2, -0.15) is 0 Å². The average molecular weight is 386 g/mol. The van der Waals surface area contributed by atoms with E-state index in [2.05, 4.69) is 47.6 Å². The zero-order valence-electron chi connectivity index (χ0n) is 19.4. The molecule has 0 amide bonds. The minimum Gasteiger partial charge on any atom is -0.476 e. The van der Waals surface area contributed by atoms with E-state index in [1.54, 1.807) is 7.11 Å². The summed E-state index contributed by atoms with van der Waals surface area (Å²) >= 11 is 0. The Morgan fingerprint density at radius 1 is 0.857 bits per heavy atom. The minimum absolute atomic E-state index is 0.359. The van der Waals surface area contributed by atoms with Crippen LogP contribution in [-0.2, 0) is 9.47 Å². The van der Waals surface area contributed by atoms with E-state index in [9.17, 15) is 0 Å². The smallest absolute Gasteiger partial charge is 0.187 e. The van der Waals surface area contributed by atoms with Crippen LogP contribution in [-0.4, -0.2) is 20.6 Å². The molecule has 158 valence electrons. The largest absolute Gasteiger partial charge is 0.476 e. The van der Waals surface area contributed by atoms with Gasteiger partial charge in [-0.05, 0) is 59.2 Å². The van der Waals surface area contributed by atoms with Gasteiger partial charge in [0.15, 0.2) is 13.5 Å². The van der Waals surface area contributed by atoms with Crippen molar-refractivity contribution in [1.82, 2.24) is 0 Å². The fourth-order valence-corrected chi connectivity index (χ4v) is 8.56. The summed E-state index contributed by atoms with van der Waals surface area (Å²) in [5.41, 5.74) is 1.17. The molecule has 2 nitrogen and oxygen atoms in total. The van der Waals surface area contributed by atoms with E-state index < -0.39 is 0 Å². The third kappa shape index (κ3) is 3.10. The van der Waals surface area contributed by atoms with Gasteiger partial charge < -0.3 is 9.47 Å². The van der Waals surface area contributed by atoms with Crippen LogP contribution in [0.2, 0.25) is 18.0 Å². The maximum Gasteiger partial charge on any atom is 0.187 e. The fraction of sp³-hybridized carbons (Fsp3) is 0.920. The molecule has 0 heterocycles. The summed E-state index contributed by atoms with van der Waals surface area (Å²) in [7, 11) is 1.69. The molecule has 0 unspecified atom stereocenters. The molecule has 0 N–H and O–H groups in total. The molecule has 0 radical (unpaired) electrons. The number of hydrogen-bond acceptors (Lipinski definition) is 2. The van der Waals surface area contributed by atoms with Gasteiger partial charge in [-0.15, -0.1) is 0 Å². The lowest BCUT2D eigenvalue weighted by Crippen LogP contribution is -2.59. The highest BCUT2D eigenvalue weighted by Gasteiger charge is 2.61. The molecule has 6 fully saturated rings. The lowest BCUT2D eigenvalue weighted by atomic mass is 9.20. The average Bonchev–Trinajstić information content (AvgIpc) is 2.65. The topological polar surface area (TPSA) is 18.5 Å². The van der Waals surface area contributed by atoms with Crippen LogP contribution >= 0.6 is 0 Å². The Hall–Kier alpha value is -0.435. The van der Waals surface area contributed by atoms with Crippen molar-refractivity contribution in [2.45, 2.75) is 85.2 Å². The molecule has 6 rings (SSSR count). The van der Waals surface area contributed by atoms with Gasteiger partial charge in [0.25, 0.3) is 0 Å². The number of hydrogen-bond donors (Lipinski definition) is 0. The van der Waals surface area contributed by atoms with Crippen LogP contribution in [0.1, 0.15) is 67.2 Å². The molecule has 6 aliphatic carbocycles.